The Morgan fingerprint density at radius 1 is 1.22 bits per heavy atom. The van der Waals surface area contributed by atoms with E-state index in [0.717, 1.165) is 0 Å². The Balaban J connectivity index is 2.55. The number of aliphatic carboxylic acids is 2. The monoisotopic (exact) mass is 258 g/mol. The smallest absolute Gasteiger partial charge is 0.308 e. The summed E-state index contributed by atoms with van der Waals surface area (Å²) in [6, 6.07) is 0. The number of nitrogens with one attached hydrogen (secondary N) is 1. The third-order valence-corrected chi connectivity index (χ3v) is 3.27. The van der Waals surface area contributed by atoms with E-state index in [0.29, 0.717) is 25.9 Å². The summed E-state index contributed by atoms with van der Waals surface area (Å²) >= 11 is 0. The van der Waals surface area contributed by atoms with Crippen LogP contribution in [0.2, 0.25) is 0 Å². The highest BCUT2D eigenvalue weighted by Crippen LogP contribution is 2.24. The summed E-state index contributed by atoms with van der Waals surface area (Å²) in [6.45, 7) is 1.15. The largest absolute Gasteiger partial charge is 0.481 e. The highest BCUT2D eigenvalue weighted by atomic mass is 16.4. The van der Waals surface area contributed by atoms with Crippen LogP contribution in [0.3, 0.4) is 0 Å². The Morgan fingerprint density at radius 3 is 2.33 bits per heavy atom. The van der Waals surface area contributed by atoms with E-state index in [9.17, 15) is 14.4 Å². The second kappa shape index (κ2) is 6.34. The maximum absolute atomic E-state index is 11.1. The number of likely N-dealkylation sites (tertiary alicyclic amines) is 1. The average molecular weight is 258 g/mol. The fraction of sp³-hybridized carbons (Fsp3) is 0.727. The maximum atomic E-state index is 11.1. The Kier molecular flexibility index (Phi) is 5.08. The van der Waals surface area contributed by atoms with Gasteiger partial charge in [0, 0.05) is 26.6 Å². The van der Waals surface area contributed by atoms with Gasteiger partial charge in [0.15, 0.2) is 0 Å². The summed E-state index contributed by atoms with van der Waals surface area (Å²) < 4.78 is 0. The Hall–Kier alpha value is -1.63. The van der Waals surface area contributed by atoms with Crippen molar-refractivity contribution in [2.75, 3.05) is 26.7 Å². The first-order valence-electron chi connectivity index (χ1n) is 5.84. The zero-order valence-electron chi connectivity index (χ0n) is 10.3. The Bertz CT molecular complexity index is 344. The van der Waals surface area contributed by atoms with Crippen LogP contribution in [-0.4, -0.2) is 59.6 Å². The topological polar surface area (TPSA) is 107 Å². The van der Waals surface area contributed by atoms with Gasteiger partial charge in [0.05, 0.1) is 11.8 Å². The lowest BCUT2D eigenvalue weighted by atomic mass is 9.85. The van der Waals surface area contributed by atoms with Crippen molar-refractivity contribution in [3.63, 3.8) is 0 Å². The van der Waals surface area contributed by atoms with Crippen LogP contribution in [0.25, 0.3) is 0 Å². The number of nitrogens with zero attached hydrogens (tertiary/aromatic N) is 1. The molecule has 0 spiro atoms. The van der Waals surface area contributed by atoms with Crippen LogP contribution in [0.4, 0.5) is 0 Å². The molecule has 0 aromatic heterocycles. The fourth-order valence-electron chi connectivity index (χ4n) is 2.15. The molecule has 7 nitrogen and oxygen atoms in total. The lowest BCUT2D eigenvalue weighted by molar-refractivity contribution is -0.157. The molecule has 0 bridgehead atoms. The molecule has 2 unspecified atom stereocenters. The third-order valence-electron chi connectivity index (χ3n) is 3.27. The van der Waals surface area contributed by atoms with Gasteiger partial charge < -0.3 is 20.4 Å². The van der Waals surface area contributed by atoms with Gasteiger partial charge >= 0.3 is 11.9 Å². The molecule has 0 aliphatic carbocycles. The molecule has 0 radical (unpaired) electrons. The van der Waals surface area contributed by atoms with Gasteiger partial charge in [0.25, 0.3) is 0 Å². The summed E-state index contributed by atoms with van der Waals surface area (Å²) in [5, 5.41) is 20.5. The molecule has 1 aliphatic rings. The Morgan fingerprint density at radius 2 is 1.83 bits per heavy atom. The van der Waals surface area contributed by atoms with Crippen molar-refractivity contribution in [3.05, 3.63) is 0 Å². The molecule has 2 atom stereocenters. The molecule has 1 heterocycles. The van der Waals surface area contributed by atoms with E-state index < -0.39 is 23.8 Å². The number of carboxylic acids is 2. The fourth-order valence-corrected chi connectivity index (χ4v) is 2.15. The highest BCUT2D eigenvalue weighted by molar-refractivity contribution is 5.80. The summed E-state index contributed by atoms with van der Waals surface area (Å²) in [7, 11) is 1.54. The standard InChI is InChI=1S/C11H18N2O5/c1-12-9(14)3-5-13-4-2-7(10(15)16)8(6-13)11(17)18/h7-8H,2-6H2,1H3,(H,12,14)(H,15,16)(H,17,18). The second-order valence-electron chi connectivity index (χ2n) is 4.40. The van der Waals surface area contributed by atoms with E-state index in [1.165, 1.54) is 0 Å². The van der Waals surface area contributed by atoms with E-state index in [1.54, 1.807) is 7.05 Å². The van der Waals surface area contributed by atoms with Crippen molar-refractivity contribution < 1.29 is 24.6 Å². The number of hydrogen-bond donors (Lipinski definition) is 3. The molecule has 1 amide bonds. The van der Waals surface area contributed by atoms with Gasteiger partial charge in [-0.05, 0) is 13.0 Å². The summed E-state index contributed by atoms with van der Waals surface area (Å²) in [6.07, 6.45) is 0.598. The summed E-state index contributed by atoms with van der Waals surface area (Å²) in [5.41, 5.74) is 0. The molecule has 0 aromatic rings. The molecule has 1 rings (SSSR count). The minimum Gasteiger partial charge on any atom is -0.481 e. The van der Waals surface area contributed by atoms with Crippen molar-refractivity contribution in [1.29, 1.82) is 0 Å². The van der Waals surface area contributed by atoms with E-state index in [2.05, 4.69) is 5.32 Å². The van der Waals surface area contributed by atoms with Gasteiger partial charge in [-0.3, -0.25) is 14.4 Å². The molecule has 18 heavy (non-hydrogen) atoms. The molecular formula is C11H18N2O5. The molecule has 7 heteroatoms. The predicted molar refractivity (Wildman–Crippen MR) is 62.0 cm³/mol. The van der Waals surface area contributed by atoms with Crippen LogP contribution in [0.5, 0.6) is 0 Å². The number of piperidine rings is 1. The minimum absolute atomic E-state index is 0.109. The third kappa shape index (κ3) is 3.69. The Labute approximate surface area is 105 Å². The molecule has 1 aliphatic heterocycles. The van der Waals surface area contributed by atoms with E-state index in [-0.39, 0.29) is 12.5 Å². The lowest BCUT2D eigenvalue weighted by Gasteiger charge is -2.34. The molecule has 1 fully saturated rings. The molecule has 1 saturated heterocycles. The summed E-state index contributed by atoms with van der Waals surface area (Å²) in [5.74, 6) is -4.00. The first kappa shape index (κ1) is 14.4. The van der Waals surface area contributed by atoms with Crippen LogP contribution in [-0.2, 0) is 14.4 Å². The number of amides is 1. The quantitative estimate of drug-likeness (QED) is 0.598. The minimum atomic E-state index is -1.09. The van der Waals surface area contributed by atoms with Crippen molar-refractivity contribution in [2.24, 2.45) is 11.8 Å². The maximum Gasteiger partial charge on any atom is 0.308 e. The van der Waals surface area contributed by atoms with Crippen molar-refractivity contribution in [3.8, 4) is 0 Å². The van der Waals surface area contributed by atoms with Crippen molar-refractivity contribution in [2.45, 2.75) is 12.8 Å². The van der Waals surface area contributed by atoms with Crippen LogP contribution >= 0.6 is 0 Å². The van der Waals surface area contributed by atoms with E-state index in [4.69, 9.17) is 10.2 Å². The summed E-state index contributed by atoms with van der Waals surface area (Å²) in [4.78, 5) is 34.9. The number of rotatable bonds is 5. The average Bonchev–Trinajstić information content (AvgIpc) is 2.35. The zero-order chi connectivity index (χ0) is 13.7. The van der Waals surface area contributed by atoms with Gasteiger partial charge in [0.1, 0.15) is 0 Å². The second-order valence-corrected chi connectivity index (χ2v) is 4.40. The lowest BCUT2D eigenvalue weighted by Crippen LogP contribution is -2.47. The molecule has 0 saturated carbocycles. The van der Waals surface area contributed by atoms with Crippen LogP contribution in [0.15, 0.2) is 0 Å². The number of hydrogen-bond acceptors (Lipinski definition) is 4. The van der Waals surface area contributed by atoms with Gasteiger partial charge in [-0.25, -0.2) is 0 Å². The van der Waals surface area contributed by atoms with Crippen molar-refractivity contribution >= 4 is 17.8 Å². The number of carbonyl (C=O) groups excluding carboxylic acids is 1. The first-order chi connectivity index (χ1) is 8.45. The molecule has 102 valence electrons. The molecule has 3 N–H and O–H groups in total. The normalized spacial score (nSPS) is 24.5. The molecule has 0 aromatic carbocycles. The number of carbonyl (C=O) groups is 3. The zero-order valence-corrected chi connectivity index (χ0v) is 10.3. The van der Waals surface area contributed by atoms with Crippen molar-refractivity contribution in [1.82, 2.24) is 10.2 Å². The van der Waals surface area contributed by atoms with Gasteiger partial charge in [-0.1, -0.05) is 0 Å². The molecular weight excluding hydrogens is 240 g/mol. The van der Waals surface area contributed by atoms with Crippen LogP contribution in [0, 0.1) is 11.8 Å². The predicted octanol–water partition coefficient (Wildman–Crippen LogP) is -0.770. The number of carboxylic acid groups (broad SMARTS) is 2. The highest BCUT2D eigenvalue weighted by Gasteiger charge is 2.38. The first-order valence-corrected chi connectivity index (χ1v) is 5.84. The van der Waals surface area contributed by atoms with Crippen LogP contribution < -0.4 is 5.32 Å². The van der Waals surface area contributed by atoms with Gasteiger partial charge in [0.2, 0.25) is 5.91 Å². The van der Waals surface area contributed by atoms with E-state index >= 15 is 0 Å². The van der Waals surface area contributed by atoms with Crippen LogP contribution in [0.1, 0.15) is 12.8 Å². The van der Waals surface area contributed by atoms with Gasteiger partial charge in [-0.15, -0.1) is 0 Å². The van der Waals surface area contributed by atoms with E-state index in [1.807, 2.05) is 4.90 Å². The SMILES string of the molecule is CNC(=O)CCN1CCC(C(=O)O)C(C(=O)O)C1. The van der Waals surface area contributed by atoms with Gasteiger partial charge in [-0.2, -0.15) is 0 Å².